The second-order valence-corrected chi connectivity index (χ2v) is 12.7. The summed E-state index contributed by atoms with van der Waals surface area (Å²) in [5, 5.41) is 15.8. The van der Waals surface area contributed by atoms with Crippen molar-refractivity contribution >= 4 is 29.1 Å². The first kappa shape index (κ1) is 31.7. The minimum Gasteiger partial charge on any atom is -0.486 e. The van der Waals surface area contributed by atoms with Gasteiger partial charge in [-0.15, -0.1) is 0 Å². The average molecular weight is 656 g/mol. The third-order valence-corrected chi connectivity index (χ3v) is 9.60. The Kier molecular flexibility index (Phi) is 9.05. The molecule has 5 heterocycles. The van der Waals surface area contributed by atoms with Gasteiger partial charge in [0.15, 0.2) is 12.0 Å². The second kappa shape index (κ2) is 13.7. The first-order valence-electron chi connectivity index (χ1n) is 16.4. The predicted molar refractivity (Wildman–Crippen MR) is 174 cm³/mol. The standard InChI is InChI=1S/C34H38FN9O4/c1-21-14-30(27(35)17-44(21)33(46)28-7-9-31(45)40-28)48-29-8-2-22(15-23(29)16-36)32-37-20-38-34(41-32)39-24-3-5-25(6-4-24)42-10-12-43(13-11-42)26-18-47-19-26/h2-6,8,15,20-21,26-28,30H,7,9-14,17-19H2,1H3,(H,40,45)(H,37,38,39,41)/t21-,27-,28-,30-/m0/s1. The number of carbonyl (C=O) groups excluding carboxylic acids is 2. The molecule has 0 spiro atoms. The fraction of sp³-hybridized carbons (Fsp3) is 0.471. The van der Waals surface area contributed by atoms with E-state index in [0.717, 1.165) is 45.1 Å². The number of rotatable bonds is 8. The molecule has 4 fully saturated rings. The first-order valence-corrected chi connectivity index (χ1v) is 16.4. The Morgan fingerprint density at radius 2 is 1.92 bits per heavy atom. The molecule has 0 saturated carbocycles. The molecular weight excluding hydrogens is 617 g/mol. The van der Waals surface area contributed by atoms with Crippen LogP contribution in [-0.2, 0) is 14.3 Å². The van der Waals surface area contributed by atoms with Crippen molar-refractivity contribution in [3.05, 3.63) is 54.4 Å². The molecule has 0 radical (unpaired) electrons. The monoisotopic (exact) mass is 655 g/mol. The van der Waals surface area contributed by atoms with E-state index in [-0.39, 0.29) is 42.1 Å². The molecule has 2 amide bonds. The number of hydrogen-bond donors (Lipinski definition) is 2. The quantitative estimate of drug-likeness (QED) is 0.369. The Balaban J connectivity index is 0.969. The van der Waals surface area contributed by atoms with Gasteiger partial charge in [0.05, 0.1) is 31.4 Å². The lowest BCUT2D eigenvalue weighted by Gasteiger charge is -2.43. The van der Waals surface area contributed by atoms with E-state index < -0.39 is 18.3 Å². The van der Waals surface area contributed by atoms with Crippen molar-refractivity contribution in [3.63, 3.8) is 0 Å². The fourth-order valence-electron chi connectivity index (χ4n) is 6.71. The van der Waals surface area contributed by atoms with Gasteiger partial charge in [0.2, 0.25) is 17.8 Å². The normalized spacial score (nSPS) is 24.8. The molecule has 2 aromatic carbocycles. The highest BCUT2D eigenvalue weighted by atomic mass is 19.1. The van der Waals surface area contributed by atoms with Crippen LogP contribution in [0.1, 0.15) is 31.7 Å². The molecule has 0 bridgehead atoms. The summed E-state index contributed by atoms with van der Waals surface area (Å²) in [4.78, 5) is 44.0. The molecule has 250 valence electrons. The second-order valence-electron chi connectivity index (χ2n) is 12.7. The van der Waals surface area contributed by atoms with Crippen molar-refractivity contribution < 1.29 is 23.5 Å². The lowest BCUT2D eigenvalue weighted by molar-refractivity contribution is -0.141. The van der Waals surface area contributed by atoms with Crippen LogP contribution in [0.25, 0.3) is 11.4 Å². The Morgan fingerprint density at radius 3 is 2.60 bits per heavy atom. The van der Waals surface area contributed by atoms with Crippen LogP contribution in [0.2, 0.25) is 0 Å². The van der Waals surface area contributed by atoms with Gasteiger partial charge in [-0.05, 0) is 55.8 Å². The summed E-state index contributed by atoms with van der Waals surface area (Å²) in [5.74, 6) is 0.526. The van der Waals surface area contributed by atoms with E-state index >= 15 is 4.39 Å². The number of piperazine rings is 1. The molecule has 4 saturated heterocycles. The van der Waals surface area contributed by atoms with Gasteiger partial charge < -0.3 is 29.9 Å². The van der Waals surface area contributed by atoms with E-state index in [1.165, 1.54) is 16.9 Å². The summed E-state index contributed by atoms with van der Waals surface area (Å²) in [6.07, 6.45) is 0.0584. The molecule has 0 unspecified atom stereocenters. The number of amides is 2. The van der Waals surface area contributed by atoms with Crippen molar-refractivity contribution in [1.29, 1.82) is 5.26 Å². The number of likely N-dealkylation sites (tertiary alicyclic amines) is 1. The zero-order chi connectivity index (χ0) is 33.2. The number of alkyl halides is 1. The summed E-state index contributed by atoms with van der Waals surface area (Å²) >= 11 is 0. The molecule has 0 aliphatic carbocycles. The lowest BCUT2D eigenvalue weighted by Crippen LogP contribution is -2.57. The highest BCUT2D eigenvalue weighted by Gasteiger charge is 2.41. The third-order valence-electron chi connectivity index (χ3n) is 9.60. The van der Waals surface area contributed by atoms with Crippen molar-refractivity contribution in [2.24, 2.45) is 0 Å². The van der Waals surface area contributed by atoms with Crippen molar-refractivity contribution in [3.8, 4) is 23.2 Å². The number of anilines is 3. The highest BCUT2D eigenvalue weighted by Crippen LogP contribution is 2.31. The number of aromatic nitrogens is 3. The van der Waals surface area contributed by atoms with Gasteiger partial charge in [-0.2, -0.15) is 10.2 Å². The minimum atomic E-state index is -1.46. The van der Waals surface area contributed by atoms with Crippen molar-refractivity contribution in [2.75, 3.05) is 56.2 Å². The zero-order valence-corrected chi connectivity index (χ0v) is 26.7. The molecule has 3 aromatic rings. The smallest absolute Gasteiger partial charge is 0.245 e. The maximum absolute atomic E-state index is 15.3. The van der Waals surface area contributed by atoms with E-state index in [1.807, 2.05) is 19.1 Å². The summed E-state index contributed by atoms with van der Waals surface area (Å²) < 4.78 is 26.7. The van der Waals surface area contributed by atoms with E-state index in [4.69, 9.17) is 9.47 Å². The molecule has 7 rings (SSSR count). The van der Waals surface area contributed by atoms with Crippen LogP contribution in [0, 0.1) is 11.3 Å². The summed E-state index contributed by atoms with van der Waals surface area (Å²) in [7, 11) is 0. The molecule has 1 aromatic heterocycles. The zero-order valence-electron chi connectivity index (χ0n) is 26.7. The van der Waals surface area contributed by atoms with E-state index in [0.29, 0.717) is 36.2 Å². The van der Waals surface area contributed by atoms with E-state index in [9.17, 15) is 14.9 Å². The van der Waals surface area contributed by atoms with Crippen LogP contribution in [0.5, 0.6) is 5.75 Å². The number of carbonyl (C=O) groups is 2. The van der Waals surface area contributed by atoms with Crippen LogP contribution < -0.4 is 20.3 Å². The summed E-state index contributed by atoms with van der Waals surface area (Å²) in [6.45, 7) is 7.39. The van der Waals surface area contributed by atoms with Crippen LogP contribution >= 0.6 is 0 Å². The fourth-order valence-corrected chi connectivity index (χ4v) is 6.71. The number of halogens is 1. The molecule has 4 atom stereocenters. The van der Waals surface area contributed by atoms with Crippen LogP contribution in [0.4, 0.5) is 21.7 Å². The topological polar surface area (TPSA) is 149 Å². The maximum atomic E-state index is 15.3. The Hall–Kier alpha value is -4.87. The summed E-state index contributed by atoms with van der Waals surface area (Å²) in [6, 6.07) is 14.9. The number of ether oxygens (including phenoxy) is 2. The van der Waals surface area contributed by atoms with Gasteiger partial charge in [-0.25, -0.2) is 14.4 Å². The van der Waals surface area contributed by atoms with Gasteiger partial charge in [0, 0.05) is 62.0 Å². The average Bonchev–Trinajstić information content (AvgIpc) is 3.52. The van der Waals surface area contributed by atoms with E-state index in [1.54, 1.807) is 18.2 Å². The molecule has 2 N–H and O–H groups in total. The van der Waals surface area contributed by atoms with Gasteiger partial charge in [0.1, 0.15) is 30.3 Å². The molecule has 14 heteroatoms. The maximum Gasteiger partial charge on any atom is 0.245 e. The number of nitrogens with one attached hydrogen (secondary N) is 2. The SMILES string of the molecule is C[C@H]1C[C@H](Oc2ccc(-c3ncnc(Nc4ccc(N5CCN(C6COC6)CC5)cc4)n3)cc2C#N)[C@@H](F)CN1C(=O)[C@@H]1CCC(=O)N1. The first-order chi connectivity index (χ1) is 23.3. The van der Waals surface area contributed by atoms with Crippen molar-refractivity contribution in [2.45, 2.75) is 56.6 Å². The van der Waals surface area contributed by atoms with Crippen LogP contribution in [0.15, 0.2) is 48.8 Å². The Morgan fingerprint density at radius 1 is 1.12 bits per heavy atom. The lowest BCUT2D eigenvalue weighted by atomic mass is 9.97. The minimum absolute atomic E-state index is 0.145. The molecular formula is C34H38FN9O4. The van der Waals surface area contributed by atoms with Gasteiger partial charge >= 0.3 is 0 Å². The predicted octanol–water partition coefficient (Wildman–Crippen LogP) is 2.66. The largest absolute Gasteiger partial charge is 0.486 e. The number of benzene rings is 2. The van der Waals surface area contributed by atoms with Gasteiger partial charge in [-0.1, -0.05) is 0 Å². The molecule has 4 aliphatic heterocycles. The van der Waals surface area contributed by atoms with E-state index in [2.05, 4.69) is 53.6 Å². The number of piperidine rings is 1. The van der Waals surface area contributed by atoms with Gasteiger partial charge in [0.25, 0.3) is 0 Å². The highest BCUT2D eigenvalue weighted by molar-refractivity contribution is 5.91. The molecule has 48 heavy (non-hydrogen) atoms. The Labute approximate surface area is 278 Å². The summed E-state index contributed by atoms with van der Waals surface area (Å²) in [5.41, 5.74) is 2.79. The Bertz CT molecular complexity index is 1690. The van der Waals surface area contributed by atoms with Gasteiger partial charge in [-0.3, -0.25) is 14.5 Å². The van der Waals surface area contributed by atoms with Crippen molar-refractivity contribution in [1.82, 2.24) is 30.1 Å². The number of nitrogens with zero attached hydrogens (tertiary/aromatic N) is 7. The molecule has 13 nitrogen and oxygen atoms in total. The third kappa shape index (κ3) is 6.74. The number of nitriles is 1. The van der Waals surface area contributed by atoms with Crippen LogP contribution in [0.3, 0.4) is 0 Å². The number of hydrogen-bond acceptors (Lipinski definition) is 11. The van der Waals surface area contributed by atoms with Crippen LogP contribution in [-0.4, -0.2) is 113 Å². The molecule has 4 aliphatic rings.